The van der Waals surface area contributed by atoms with Gasteiger partial charge in [0.25, 0.3) is 0 Å². The van der Waals surface area contributed by atoms with E-state index in [1.54, 1.807) is 7.11 Å². The summed E-state index contributed by atoms with van der Waals surface area (Å²) >= 11 is 1.23. The number of aryl methyl sites for hydroxylation is 2. The van der Waals surface area contributed by atoms with Crippen LogP contribution < -0.4 is 15.9 Å². The molecule has 28 heavy (non-hydrogen) atoms. The molecule has 0 aliphatic carbocycles. The van der Waals surface area contributed by atoms with Crippen LogP contribution in [0.3, 0.4) is 0 Å². The number of carbonyl (C=O) groups is 1. The number of hydrogen-bond acceptors (Lipinski definition) is 6. The molecular weight excluding hydrogens is 374 g/mol. The molecule has 146 valence electrons. The van der Waals surface area contributed by atoms with E-state index in [1.807, 2.05) is 49.4 Å². The Bertz CT molecular complexity index is 986. The number of nitrogens with zero attached hydrogens (tertiary/aromatic N) is 3. The molecule has 8 heteroatoms. The fourth-order valence-corrected chi connectivity index (χ4v) is 3.55. The summed E-state index contributed by atoms with van der Waals surface area (Å²) in [5.74, 6) is 7.35. The first-order valence-electron chi connectivity index (χ1n) is 8.90. The van der Waals surface area contributed by atoms with E-state index in [0.717, 1.165) is 28.8 Å². The van der Waals surface area contributed by atoms with E-state index in [1.165, 1.54) is 16.4 Å². The Morgan fingerprint density at radius 3 is 2.75 bits per heavy atom. The van der Waals surface area contributed by atoms with Crippen molar-refractivity contribution < 1.29 is 9.53 Å². The van der Waals surface area contributed by atoms with Gasteiger partial charge < -0.3 is 15.9 Å². The lowest BCUT2D eigenvalue weighted by Gasteiger charge is -2.12. The third kappa shape index (κ3) is 4.12. The summed E-state index contributed by atoms with van der Waals surface area (Å²) in [7, 11) is 1.59. The van der Waals surface area contributed by atoms with Crippen LogP contribution in [0.4, 0.5) is 5.69 Å². The van der Waals surface area contributed by atoms with Gasteiger partial charge in [0.1, 0.15) is 5.75 Å². The van der Waals surface area contributed by atoms with Crippen LogP contribution in [0.1, 0.15) is 18.1 Å². The van der Waals surface area contributed by atoms with Crippen molar-refractivity contribution in [2.45, 2.75) is 25.4 Å². The third-order valence-electron chi connectivity index (χ3n) is 4.35. The van der Waals surface area contributed by atoms with Gasteiger partial charge in [-0.2, -0.15) is 0 Å². The maximum absolute atomic E-state index is 12.4. The molecule has 3 rings (SSSR count). The number of benzene rings is 2. The molecule has 0 bridgehead atoms. The molecule has 0 fully saturated rings. The average molecular weight is 398 g/mol. The van der Waals surface area contributed by atoms with Crippen molar-refractivity contribution >= 4 is 23.4 Å². The summed E-state index contributed by atoms with van der Waals surface area (Å²) in [6, 6.07) is 13.4. The molecule has 0 spiro atoms. The first-order valence-corrected chi connectivity index (χ1v) is 9.88. The van der Waals surface area contributed by atoms with Gasteiger partial charge in [-0.05, 0) is 36.6 Å². The van der Waals surface area contributed by atoms with Crippen molar-refractivity contribution in [3.63, 3.8) is 0 Å². The average Bonchev–Trinajstić information content (AvgIpc) is 3.08. The fourth-order valence-electron chi connectivity index (χ4n) is 2.90. The zero-order valence-corrected chi connectivity index (χ0v) is 16.9. The Labute approximate surface area is 168 Å². The summed E-state index contributed by atoms with van der Waals surface area (Å²) < 4.78 is 6.73. The molecule has 0 radical (unpaired) electrons. The molecule has 0 aliphatic heterocycles. The summed E-state index contributed by atoms with van der Waals surface area (Å²) in [4.78, 5) is 12.4. The highest BCUT2D eigenvalue weighted by atomic mass is 32.2. The number of aromatic nitrogens is 3. The highest BCUT2D eigenvalue weighted by molar-refractivity contribution is 7.99. The summed E-state index contributed by atoms with van der Waals surface area (Å²) in [6.07, 6.45) is 0.851. The lowest BCUT2D eigenvalue weighted by Crippen LogP contribution is -2.18. The molecule has 0 aliphatic rings. The van der Waals surface area contributed by atoms with Crippen LogP contribution in [-0.2, 0) is 11.2 Å². The number of carbonyl (C=O) groups excluding carboxylic acids is 1. The van der Waals surface area contributed by atoms with Crippen LogP contribution in [-0.4, -0.2) is 33.6 Å². The zero-order chi connectivity index (χ0) is 20.1. The lowest BCUT2D eigenvalue weighted by atomic mass is 10.1. The van der Waals surface area contributed by atoms with E-state index in [2.05, 4.69) is 22.4 Å². The number of thioether (sulfide) groups is 1. The molecule has 0 atom stereocenters. The molecule has 0 saturated carbocycles. The van der Waals surface area contributed by atoms with Gasteiger partial charge in [0, 0.05) is 5.69 Å². The van der Waals surface area contributed by atoms with E-state index >= 15 is 0 Å². The first-order chi connectivity index (χ1) is 13.5. The van der Waals surface area contributed by atoms with Crippen LogP contribution in [0.25, 0.3) is 11.4 Å². The SMILES string of the molecule is CCc1cccc(C)c1NC(=O)CSc1nnc(-c2ccccc2OC)n1N. The summed E-state index contributed by atoms with van der Waals surface area (Å²) in [6.45, 7) is 4.05. The molecule has 0 unspecified atom stereocenters. The number of ether oxygens (including phenoxy) is 1. The van der Waals surface area contributed by atoms with E-state index in [9.17, 15) is 4.79 Å². The molecular formula is C20H23N5O2S. The molecule has 1 heterocycles. The Morgan fingerprint density at radius 2 is 2.00 bits per heavy atom. The van der Waals surface area contributed by atoms with Gasteiger partial charge in [0.2, 0.25) is 11.1 Å². The molecule has 2 aromatic carbocycles. The van der Waals surface area contributed by atoms with Gasteiger partial charge in [-0.3, -0.25) is 4.79 Å². The van der Waals surface area contributed by atoms with Crippen molar-refractivity contribution in [2.24, 2.45) is 0 Å². The lowest BCUT2D eigenvalue weighted by molar-refractivity contribution is -0.113. The Morgan fingerprint density at radius 1 is 1.21 bits per heavy atom. The maximum Gasteiger partial charge on any atom is 0.234 e. The minimum absolute atomic E-state index is 0.115. The Kier molecular flexibility index (Phi) is 6.20. The zero-order valence-electron chi connectivity index (χ0n) is 16.1. The van der Waals surface area contributed by atoms with Gasteiger partial charge >= 0.3 is 0 Å². The van der Waals surface area contributed by atoms with E-state index in [-0.39, 0.29) is 11.7 Å². The van der Waals surface area contributed by atoms with Gasteiger partial charge in [-0.25, -0.2) is 4.68 Å². The number of nitrogen functional groups attached to an aromatic ring is 1. The van der Waals surface area contributed by atoms with Gasteiger partial charge in [0.05, 0.1) is 18.4 Å². The van der Waals surface area contributed by atoms with Crippen molar-refractivity contribution in [2.75, 3.05) is 24.0 Å². The number of anilines is 1. The monoisotopic (exact) mass is 397 g/mol. The second-order valence-corrected chi connectivity index (χ2v) is 7.12. The normalized spacial score (nSPS) is 10.7. The van der Waals surface area contributed by atoms with Crippen molar-refractivity contribution in [3.05, 3.63) is 53.6 Å². The maximum atomic E-state index is 12.4. The Hall–Kier alpha value is -3.00. The van der Waals surface area contributed by atoms with Gasteiger partial charge in [0.15, 0.2) is 5.82 Å². The van der Waals surface area contributed by atoms with Crippen LogP contribution in [0.5, 0.6) is 5.75 Å². The number of amides is 1. The summed E-state index contributed by atoms with van der Waals surface area (Å²) in [5, 5.41) is 11.7. The number of para-hydroxylation sites is 2. The fraction of sp³-hybridized carbons (Fsp3) is 0.250. The third-order valence-corrected chi connectivity index (χ3v) is 5.29. The number of hydrogen-bond donors (Lipinski definition) is 2. The van der Waals surface area contributed by atoms with E-state index in [4.69, 9.17) is 10.6 Å². The van der Waals surface area contributed by atoms with Crippen molar-refractivity contribution in [1.29, 1.82) is 0 Å². The van der Waals surface area contributed by atoms with E-state index < -0.39 is 0 Å². The standard InChI is InChI=1S/C20H23N5O2S/c1-4-14-9-7-8-13(2)18(14)22-17(26)12-28-20-24-23-19(25(20)21)15-10-5-6-11-16(15)27-3/h5-11H,4,12,21H2,1-3H3,(H,22,26). The highest BCUT2D eigenvalue weighted by Crippen LogP contribution is 2.29. The van der Waals surface area contributed by atoms with Crippen molar-refractivity contribution in [1.82, 2.24) is 14.9 Å². The van der Waals surface area contributed by atoms with Gasteiger partial charge in [-0.15, -0.1) is 10.2 Å². The predicted molar refractivity (Wildman–Crippen MR) is 112 cm³/mol. The second kappa shape index (κ2) is 8.79. The smallest absolute Gasteiger partial charge is 0.234 e. The van der Waals surface area contributed by atoms with Crippen LogP contribution >= 0.6 is 11.8 Å². The topological polar surface area (TPSA) is 95.1 Å². The predicted octanol–water partition coefficient (Wildman–Crippen LogP) is 3.27. The second-order valence-electron chi connectivity index (χ2n) is 6.18. The molecule has 3 N–H and O–H groups in total. The minimum Gasteiger partial charge on any atom is -0.496 e. The molecule has 0 saturated heterocycles. The molecule has 1 aromatic heterocycles. The van der Waals surface area contributed by atoms with Crippen molar-refractivity contribution in [3.8, 4) is 17.1 Å². The van der Waals surface area contributed by atoms with Crippen LogP contribution in [0.2, 0.25) is 0 Å². The number of methoxy groups -OCH3 is 1. The molecule has 7 nitrogen and oxygen atoms in total. The number of nitrogens with one attached hydrogen (secondary N) is 1. The van der Waals surface area contributed by atoms with Gasteiger partial charge in [-0.1, -0.05) is 49.0 Å². The summed E-state index contributed by atoms with van der Waals surface area (Å²) in [5.41, 5.74) is 3.76. The van der Waals surface area contributed by atoms with Crippen LogP contribution in [0, 0.1) is 6.92 Å². The van der Waals surface area contributed by atoms with E-state index in [0.29, 0.717) is 16.7 Å². The quantitative estimate of drug-likeness (QED) is 0.469. The Balaban J connectivity index is 1.71. The van der Waals surface area contributed by atoms with Crippen LogP contribution in [0.15, 0.2) is 47.6 Å². The minimum atomic E-state index is -0.115. The first kappa shape index (κ1) is 19.8. The number of rotatable bonds is 7. The highest BCUT2D eigenvalue weighted by Gasteiger charge is 2.17. The molecule has 3 aromatic rings. The number of nitrogens with two attached hydrogens (primary N) is 1. The largest absolute Gasteiger partial charge is 0.496 e. The molecule has 1 amide bonds.